The van der Waals surface area contributed by atoms with E-state index >= 15 is 0 Å². The lowest BCUT2D eigenvalue weighted by Crippen LogP contribution is -2.33. The van der Waals surface area contributed by atoms with E-state index in [9.17, 15) is 31.2 Å². The van der Waals surface area contributed by atoms with Crippen LogP contribution in [0.3, 0.4) is 0 Å². The van der Waals surface area contributed by atoms with E-state index in [2.05, 4.69) is 5.32 Å². The molecular formula is C17H13F3N2O4S. The van der Waals surface area contributed by atoms with Crippen molar-refractivity contribution in [3.63, 3.8) is 0 Å². The van der Waals surface area contributed by atoms with Gasteiger partial charge in [-0.2, -0.15) is 13.2 Å². The summed E-state index contributed by atoms with van der Waals surface area (Å²) in [5.74, 6) is -1.45. The van der Waals surface area contributed by atoms with Gasteiger partial charge in [0.2, 0.25) is 5.91 Å². The summed E-state index contributed by atoms with van der Waals surface area (Å²) in [5, 5.41) is 2.27. The maximum Gasteiger partial charge on any atom is 0.416 e. The first-order valence-electron chi connectivity index (χ1n) is 7.74. The van der Waals surface area contributed by atoms with Crippen molar-refractivity contribution in [2.24, 2.45) is 0 Å². The molecule has 3 rings (SSSR count). The third-order valence-corrected chi connectivity index (χ3v) is 5.77. The number of carbonyl (C=O) groups excluding carboxylic acids is 2. The molecule has 10 heteroatoms. The van der Waals surface area contributed by atoms with E-state index in [1.165, 1.54) is 30.3 Å². The van der Waals surface area contributed by atoms with Gasteiger partial charge in [0.05, 0.1) is 11.1 Å². The minimum Gasteiger partial charge on any atom is -0.326 e. The first-order valence-corrected chi connectivity index (χ1v) is 9.18. The molecule has 2 aromatic rings. The lowest BCUT2D eigenvalue weighted by Gasteiger charge is -2.15. The third kappa shape index (κ3) is 3.65. The summed E-state index contributed by atoms with van der Waals surface area (Å²) < 4.78 is 63.4. The smallest absolute Gasteiger partial charge is 0.326 e. The number of sulfonamides is 1. The highest BCUT2D eigenvalue weighted by molar-refractivity contribution is 7.90. The minimum absolute atomic E-state index is 0.0239. The molecule has 0 radical (unpaired) electrons. The van der Waals surface area contributed by atoms with Crippen molar-refractivity contribution in [3.8, 4) is 0 Å². The molecule has 1 aliphatic heterocycles. The molecule has 6 nitrogen and oxygen atoms in total. The van der Waals surface area contributed by atoms with E-state index in [4.69, 9.17) is 0 Å². The Labute approximate surface area is 152 Å². The minimum atomic E-state index is -4.55. The van der Waals surface area contributed by atoms with E-state index in [0.29, 0.717) is 4.31 Å². The van der Waals surface area contributed by atoms with Gasteiger partial charge in [0, 0.05) is 18.7 Å². The highest BCUT2D eigenvalue weighted by Crippen LogP contribution is 2.31. The molecule has 0 bridgehead atoms. The molecule has 1 N–H and O–H groups in total. The van der Waals surface area contributed by atoms with Crippen LogP contribution in [0.25, 0.3) is 0 Å². The summed E-state index contributed by atoms with van der Waals surface area (Å²) in [6.07, 6.45) is -4.95. The highest BCUT2D eigenvalue weighted by atomic mass is 32.2. The van der Waals surface area contributed by atoms with Crippen LogP contribution in [-0.2, 0) is 21.0 Å². The van der Waals surface area contributed by atoms with Gasteiger partial charge in [0.15, 0.2) is 0 Å². The molecule has 0 aromatic heterocycles. The summed E-state index contributed by atoms with van der Waals surface area (Å²) in [5.41, 5.74) is -0.974. The second kappa shape index (κ2) is 6.69. The molecule has 0 atom stereocenters. The fraction of sp³-hybridized carbons (Fsp3) is 0.176. The molecular weight excluding hydrogens is 385 g/mol. The Balaban J connectivity index is 1.68. The lowest BCUT2D eigenvalue weighted by atomic mass is 10.2. The SMILES string of the molecule is O=C(CCN1C(=O)c2ccccc2S1(=O)=O)Nc1cccc(C(F)(F)F)c1. The molecule has 2 aromatic carbocycles. The van der Waals surface area contributed by atoms with Crippen molar-refractivity contribution < 1.29 is 31.2 Å². The van der Waals surface area contributed by atoms with Crippen LogP contribution in [0.15, 0.2) is 53.4 Å². The standard InChI is InChI=1S/C17H13F3N2O4S/c18-17(19,20)11-4-3-5-12(10-11)21-15(23)8-9-22-16(24)13-6-1-2-7-14(13)27(22,25)26/h1-7,10H,8-9H2,(H,21,23). The van der Waals surface area contributed by atoms with Crippen LogP contribution in [0.4, 0.5) is 18.9 Å². The van der Waals surface area contributed by atoms with Gasteiger partial charge in [-0.25, -0.2) is 12.7 Å². The van der Waals surface area contributed by atoms with Crippen molar-refractivity contribution >= 4 is 27.5 Å². The first kappa shape index (κ1) is 18.9. The van der Waals surface area contributed by atoms with Gasteiger partial charge in [0.1, 0.15) is 4.90 Å². The summed E-state index contributed by atoms with van der Waals surface area (Å²) in [6.45, 7) is -0.416. The zero-order valence-corrected chi connectivity index (χ0v) is 14.5. The summed E-state index contributed by atoms with van der Waals surface area (Å²) in [4.78, 5) is 24.1. The monoisotopic (exact) mass is 398 g/mol. The Bertz CT molecular complexity index is 1020. The second-order valence-corrected chi connectivity index (χ2v) is 7.59. The number of anilines is 1. The molecule has 0 fully saturated rings. The van der Waals surface area contributed by atoms with Crippen molar-refractivity contribution in [2.45, 2.75) is 17.5 Å². The number of fused-ring (bicyclic) bond motifs is 1. The van der Waals surface area contributed by atoms with Crippen molar-refractivity contribution in [3.05, 3.63) is 59.7 Å². The van der Waals surface area contributed by atoms with Crippen LogP contribution in [0, 0.1) is 0 Å². The molecule has 0 spiro atoms. The number of benzene rings is 2. The predicted octanol–water partition coefficient (Wildman–Crippen LogP) is 2.88. The van der Waals surface area contributed by atoms with Gasteiger partial charge in [0.25, 0.3) is 15.9 Å². The fourth-order valence-corrected chi connectivity index (χ4v) is 4.22. The molecule has 0 aliphatic carbocycles. The molecule has 2 amide bonds. The molecule has 0 saturated heterocycles. The Morgan fingerprint density at radius 1 is 1.07 bits per heavy atom. The topological polar surface area (TPSA) is 83.6 Å². The number of carbonyl (C=O) groups is 2. The number of hydrogen-bond acceptors (Lipinski definition) is 4. The third-order valence-electron chi connectivity index (χ3n) is 3.93. The lowest BCUT2D eigenvalue weighted by molar-refractivity contribution is -0.137. The van der Waals surface area contributed by atoms with Crippen LogP contribution in [0.1, 0.15) is 22.3 Å². The van der Waals surface area contributed by atoms with Gasteiger partial charge in [-0.1, -0.05) is 18.2 Å². The Morgan fingerprint density at radius 2 is 1.78 bits per heavy atom. The van der Waals surface area contributed by atoms with Gasteiger partial charge in [-0.15, -0.1) is 0 Å². The highest BCUT2D eigenvalue weighted by Gasteiger charge is 2.40. The van der Waals surface area contributed by atoms with Gasteiger partial charge >= 0.3 is 6.18 Å². The molecule has 1 heterocycles. The van der Waals surface area contributed by atoms with E-state index < -0.39 is 46.5 Å². The number of rotatable bonds is 4. The van der Waals surface area contributed by atoms with Crippen LogP contribution >= 0.6 is 0 Å². The van der Waals surface area contributed by atoms with Crippen LogP contribution in [-0.4, -0.2) is 31.1 Å². The fourth-order valence-electron chi connectivity index (χ4n) is 2.65. The van der Waals surface area contributed by atoms with E-state index in [0.717, 1.165) is 18.2 Å². The van der Waals surface area contributed by atoms with Crippen molar-refractivity contribution in [1.82, 2.24) is 4.31 Å². The van der Waals surface area contributed by atoms with E-state index in [-0.39, 0.29) is 16.1 Å². The molecule has 27 heavy (non-hydrogen) atoms. The van der Waals surface area contributed by atoms with Crippen molar-refractivity contribution in [1.29, 1.82) is 0 Å². The van der Waals surface area contributed by atoms with Crippen molar-refractivity contribution in [2.75, 3.05) is 11.9 Å². The molecule has 142 valence electrons. The van der Waals surface area contributed by atoms with Crippen LogP contribution in [0.2, 0.25) is 0 Å². The molecule has 0 unspecified atom stereocenters. The van der Waals surface area contributed by atoms with Gasteiger partial charge < -0.3 is 5.32 Å². The number of hydrogen-bond donors (Lipinski definition) is 1. The normalized spacial score (nSPS) is 15.5. The van der Waals surface area contributed by atoms with Gasteiger partial charge in [-0.3, -0.25) is 9.59 Å². The number of nitrogens with zero attached hydrogens (tertiary/aromatic N) is 1. The first-order chi connectivity index (χ1) is 12.6. The van der Waals surface area contributed by atoms with Crippen LogP contribution in [0.5, 0.6) is 0 Å². The zero-order chi connectivity index (χ0) is 19.8. The van der Waals surface area contributed by atoms with Crippen LogP contribution < -0.4 is 5.32 Å². The average molecular weight is 398 g/mol. The number of amides is 2. The molecule has 1 aliphatic rings. The van der Waals surface area contributed by atoms with E-state index in [1.807, 2.05) is 0 Å². The van der Waals surface area contributed by atoms with E-state index in [1.54, 1.807) is 0 Å². The largest absolute Gasteiger partial charge is 0.416 e. The number of alkyl halides is 3. The molecule has 0 saturated carbocycles. The quantitative estimate of drug-likeness (QED) is 0.859. The summed E-state index contributed by atoms with van der Waals surface area (Å²) >= 11 is 0. The summed E-state index contributed by atoms with van der Waals surface area (Å²) in [6, 6.07) is 9.73. The maximum atomic E-state index is 12.7. The Kier molecular flexibility index (Phi) is 4.68. The second-order valence-electron chi connectivity index (χ2n) is 5.76. The Hall–Kier alpha value is -2.88. The predicted molar refractivity (Wildman–Crippen MR) is 89.4 cm³/mol. The average Bonchev–Trinajstić information content (AvgIpc) is 2.79. The summed E-state index contributed by atoms with van der Waals surface area (Å²) in [7, 11) is -4.04. The maximum absolute atomic E-state index is 12.7. The van der Waals surface area contributed by atoms with Gasteiger partial charge in [-0.05, 0) is 30.3 Å². The zero-order valence-electron chi connectivity index (χ0n) is 13.7. The Morgan fingerprint density at radius 3 is 2.44 bits per heavy atom. The number of halogens is 3. The number of nitrogens with one attached hydrogen (secondary N) is 1.